The Morgan fingerprint density at radius 1 is 1.12 bits per heavy atom. The number of hydrogen-bond acceptors (Lipinski definition) is 5. The molecule has 0 saturated heterocycles. The van der Waals surface area contributed by atoms with Crippen molar-refractivity contribution < 1.29 is 13.5 Å². The van der Waals surface area contributed by atoms with Crippen molar-refractivity contribution in [2.24, 2.45) is 5.73 Å². The van der Waals surface area contributed by atoms with E-state index in [0.717, 1.165) is 0 Å². The van der Waals surface area contributed by atoms with Crippen molar-refractivity contribution >= 4 is 11.0 Å². The van der Waals surface area contributed by atoms with E-state index in [9.17, 15) is 14.4 Å². The van der Waals surface area contributed by atoms with Gasteiger partial charge in [0.05, 0.1) is 5.92 Å². The molecule has 1 atom stereocenters. The molecule has 1 aliphatic rings. The minimum absolute atomic E-state index is 0.0514. The largest absolute Gasteiger partial charge is 0.432 e. The number of para-hydroxylation sites is 1. The van der Waals surface area contributed by atoms with Crippen molar-refractivity contribution in [2.45, 2.75) is 5.92 Å². The molecule has 1 aliphatic heterocycles. The van der Waals surface area contributed by atoms with Crippen molar-refractivity contribution in [3.05, 3.63) is 87.4 Å². The fourth-order valence-electron chi connectivity index (χ4n) is 3.10. The van der Waals surface area contributed by atoms with E-state index in [0.29, 0.717) is 22.1 Å². The third-order valence-corrected chi connectivity index (χ3v) is 4.19. The third kappa shape index (κ3) is 2.25. The number of benzene rings is 2. The van der Waals surface area contributed by atoms with Crippen molar-refractivity contribution in [3.63, 3.8) is 0 Å². The van der Waals surface area contributed by atoms with Crippen LogP contribution in [-0.2, 0) is 0 Å². The van der Waals surface area contributed by atoms with Crippen LogP contribution in [0.4, 0.5) is 4.39 Å². The van der Waals surface area contributed by atoms with Crippen molar-refractivity contribution in [1.82, 2.24) is 0 Å². The summed E-state index contributed by atoms with van der Waals surface area (Å²) < 4.78 is 24.0. The molecule has 122 valence electrons. The third-order valence-electron chi connectivity index (χ3n) is 4.19. The molecule has 2 N–H and O–H groups in total. The highest BCUT2D eigenvalue weighted by Crippen LogP contribution is 2.43. The van der Waals surface area contributed by atoms with Gasteiger partial charge in [0.1, 0.15) is 23.0 Å². The van der Waals surface area contributed by atoms with E-state index in [1.165, 1.54) is 12.1 Å². The Morgan fingerprint density at radius 3 is 2.56 bits per heavy atom. The van der Waals surface area contributed by atoms with Crippen molar-refractivity contribution in [3.8, 4) is 11.8 Å². The molecule has 5 nitrogen and oxygen atoms in total. The summed E-state index contributed by atoms with van der Waals surface area (Å²) in [5, 5.41) is 10.2. The highest BCUT2D eigenvalue weighted by molar-refractivity contribution is 5.85. The quantitative estimate of drug-likeness (QED) is 0.691. The number of fused-ring (bicyclic) bond motifs is 3. The van der Waals surface area contributed by atoms with Gasteiger partial charge in [-0.1, -0.05) is 30.3 Å². The highest BCUT2D eigenvalue weighted by Gasteiger charge is 2.34. The van der Waals surface area contributed by atoms with Gasteiger partial charge < -0.3 is 14.9 Å². The van der Waals surface area contributed by atoms with E-state index < -0.39 is 17.4 Å². The number of halogens is 1. The minimum Gasteiger partial charge on any atom is -0.432 e. The molecule has 3 aromatic rings. The number of nitrogens with two attached hydrogens (primary N) is 1. The van der Waals surface area contributed by atoms with Gasteiger partial charge in [0.15, 0.2) is 0 Å². The zero-order valence-corrected chi connectivity index (χ0v) is 12.8. The molecule has 4 rings (SSSR count). The molecule has 1 aromatic heterocycles. The van der Waals surface area contributed by atoms with Gasteiger partial charge in [-0.05, 0) is 23.8 Å². The van der Waals surface area contributed by atoms with Crippen LogP contribution < -0.4 is 16.1 Å². The van der Waals surface area contributed by atoms with Gasteiger partial charge in [0.2, 0.25) is 11.6 Å². The smallest absolute Gasteiger partial charge is 0.380 e. The Labute approximate surface area is 141 Å². The normalized spacial score (nSPS) is 16.2. The standard InChI is InChI=1S/C19H11FN2O3/c20-11-7-5-10(6-8-11)15-13(9-21)18(22)25-17-16(15)12-3-1-2-4-14(12)24-19(17)23/h1-8,15H,22H2. The molecule has 0 amide bonds. The van der Waals surface area contributed by atoms with Gasteiger partial charge in [0, 0.05) is 10.9 Å². The van der Waals surface area contributed by atoms with Gasteiger partial charge >= 0.3 is 5.63 Å². The summed E-state index contributed by atoms with van der Waals surface area (Å²) in [7, 11) is 0. The van der Waals surface area contributed by atoms with Crippen LogP contribution >= 0.6 is 0 Å². The fraction of sp³-hybridized carbons (Fsp3) is 0.0526. The van der Waals surface area contributed by atoms with Gasteiger partial charge in [-0.15, -0.1) is 0 Å². The van der Waals surface area contributed by atoms with E-state index in [4.69, 9.17) is 14.9 Å². The second-order valence-corrected chi connectivity index (χ2v) is 5.60. The number of hydrogen-bond donors (Lipinski definition) is 1. The Kier molecular flexibility index (Phi) is 3.29. The van der Waals surface area contributed by atoms with E-state index in [-0.39, 0.29) is 17.2 Å². The molecule has 25 heavy (non-hydrogen) atoms. The zero-order valence-electron chi connectivity index (χ0n) is 12.8. The number of rotatable bonds is 1. The molecule has 0 fully saturated rings. The van der Waals surface area contributed by atoms with E-state index >= 15 is 0 Å². The van der Waals surface area contributed by atoms with E-state index in [2.05, 4.69) is 0 Å². The average Bonchev–Trinajstić information content (AvgIpc) is 2.62. The molecule has 1 unspecified atom stereocenters. The number of allylic oxidation sites excluding steroid dienone is 1. The highest BCUT2D eigenvalue weighted by atomic mass is 19.1. The van der Waals surface area contributed by atoms with Crippen LogP contribution in [0.2, 0.25) is 0 Å². The second kappa shape index (κ2) is 5.49. The van der Waals surface area contributed by atoms with Crippen LogP contribution in [0.25, 0.3) is 11.0 Å². The van der Waals surface area contributed by atoms with Crippen LogP contribution in [0.1, 0.15) is 17.0 Å². The Morgan fingerprint density at radius 2 is 1.84 bits per heavy atom. The van der Waals surface area contributed by atoms with Crippen LogP contribution in [0.3, 0.4) is 0 Å². The summed E-state index contributed by atoms with van der Waals surface area (Å²) >= 11 is 0. The number of nitriles is 1. The lowest BCUT2D eigenvalue weighted by Gasteiger charge is -2.26. The molecule has 0 bridgehead atoms. The molecular weight excluding hydrogens is 323 g/mol. The van der Waals surface area contributed by atoms with Crippen molar-refractivity contribution in [1.29, 1.82) is 5.26 Å². The average molecular weight is 334 g/mol. The lowest BCUT2D eigenvalue weighted by molar-refractivity contribution is 0.368. The SMILES string of the molecule is N#CC1=C(N)Oc2c(c3ccccc3oc2=O)C1c1ccc(F)cc1. The molecule has 0 aliphatic carbocycles. The Hall–Kier alpha value is -3.59. The van der Waals surface area contributed by atoms with Gasteiger partial charge in [-0.3, -0.25) is 0 Å². The topological polar surface area (TPSA) is 89.2 Å². The molecule has 0 radical (unpaired) electrons. The maximum atomic E-state index is 13.3. The second-order valence-electron chi connectivity index (χ2n) is 5.60. The van der Waals surface area contributed by atoms with Crippen LogP contribution in [0.15, 0.2) is 69.2 Å². The van der Waals surface area contributed by atoms with Crippen molar-refractivity contribution in [2.75, 3.05) is 0 Å². The van der Waals surface area contributed by atoms with Gasteiger partial charge in [0.25, 0.3) is 0 Å². The van der Waals surface area contributed by atoms with Crippen LogP contribution in [-0.4, -0.2) is 0 Å². The van der Waals surface area contributed by atoms with Crippen LogP contribution in [0, 0.1) is 17.1 Å². The maximum Gasteiger partial charge on any atom is 0.380 e. The summed E-state index contributed by atoms with van der Waals surface area (Å²) in [6.45, 7) is 0. The first kappa shape index (κ1) is 15.0. The zero-order chi connectivity index (χ0) is 17.6. The summed E-state index contributed by atoms with van der Waals surface area (Å²) in [4.78, 5) is 12.3. The summed E-state index contributed by atoms with van der Waals surface area (Å²) in [6.07, 6.45) is 0. The monoisotopic (exact) mass is 334 g/mol. The molecule has 0 saturated carbocycles. The van der Waals surface area contributed by atoms with E-state index in [1.807, 2.05) is 6.07 Å². The number of nitrogens with zero attached hydrogens (tertiary/aromatic N) is 1. The first-order chi connectivity index (χ1) is 12.1. The van der Waals surface area contributed by atoms with E-state index in [1.54, 1.807) is 36.4 Å². The van der Waals surface area contributed by atoms with Gasteiger partial charge in [-0.2, -0.15) is 5.26 Å². The predicted molar refractivity (Wildman–Crippen MR) is 88.2 cm³/mol. The summed E-state index contributed by atoms with van der Waals surface area (Å²) in [6, 6.07) is 14.7. The molecule has 6 heteroatoms. The fourth-order valence-corrected chi connectivity index (χ4v) is 3.10. The molecule has 2 heterocycles. The van der Waals surface area contributed by atoms with Gasteiger partial charge in [-0.25, -0.2) is 9.18 Å². The molecule has 2 aromatic carbocycles. The lowest BCUT2D eigenvalue weighted by Crippen LogP contribution is -2.25. The Balaban J connectivity index is 2.11. The molecular formula is C19H11FN2O3. The maximum absolute atomic E-state index is 13.3. The van der Waals surface area contributed by atoms with Crippen LogP contribution in [0.5, 0.6) is 5.75 Å². The number of ether oxygens (including phenoxy) is 1. The summed E-state index contributed by atoms with van der Waals surface area (Å²) in [5.74, 6) is -1.26. The minimum atomic E-state index is -0.680. The summed E-state index contributed by atoms with van der Waals surface area (Å²) in [5.41, 5.74) is 6.83. The predicted octanol–water partition coefficient (Wildman–Crippen LogP) is 3.15. The first-order valence-electron chi connectivity index (χ1n) is 7.49. The first-order valence-corrected chi connectivity index (χ1v) is 7.49. The Bertz CT molecular complexity index is 1120. The lowest BCUT2D eigenvalue weighted by atomic mass is 9.82. The molecule has 0 spiro atoms.